The first-order valence-corrected chi connectivity index (χ1v) is 9.29. The molecule has 0 N–H and O–H groups in total. The Kier molecular flexibility index (Phi) is 4.46. The van der Waals surface area contributed by atoms with Crippen LogP contribution in [0, 0.1) is 0 Å². The first kappa shape index (κ1) is 12.8. The Labute approximate surface area is 120 Å². The van der Waals surface area contributed by atoms with Gasteiger partial charge in [-0.15, -0.1) is 11.3 Å². The zero-order valence-electron chi connectivity index (χ0n) is 10.2. The lowest BCUT2D eigenvalue weighted by Gasteiger charge is -2.15. The minimum atomic E-state index is 1.13. The van der Waals surface area contributed by atoms with E-state index in [1.165, 1.54) is 47.8 Å². The fourth-order valence-electron chi connectivity index (χ4n) is 2.09. The number of nitrogens with zero attached hydrogens (tertiary/aromatic N) is 2. The molecule has 2 heterocycles. The maximum absolute atomic E-state index is 4.65. The highest BCUT2D eigenvalue weighted by Gasteiger charge is 2.11. The number of aromatic nitrogens is 1. The summed E-state index contributed by atoms with van der Waals surface area (Å²) in [6.07, 6.45) is 5.46. The second kappa shape index (κ2) is 6.28. The van der Waals surface area contributed by atoms with Gasteiger partial charge in [-0.05, 0) is 46.7 Å². The molecular weight excluding hydrogens is 280 g/mol. The summed E-state index contributed by atoms with van der Waals surface area (Å²) in [4.78, 5) is 4.65. The molecule has 1 aliphatic rings. The van der Waals surface area contributed by atoms with Gasteiger partial charge in [0.25, 0.3) is 0 Å². The maximum atomic E-state index is 4.65. The van der Waals surface area contributed by atoms with Crippen LogP contribution < -0.4 is 0 Å². The summed E-state index contributed by atoms with van der Waals surface area (Å²) in [6, 6.07) is 8.37. The van der Waals surface area contributed by atoms with Crippen LogP contribution >= 0.6 is 33.1 Å². The minimum absolute atomic E-state index is 1.13. The van der Waals surface area contributed by atoms with Crippen LogP contribution in [0.3, 0.4) is 0 Å². The summed E-state index contributed by atoms with van der Waals surface area (Å²) >= 11 is 1.80. The molecule has 2 aromatic rings. The molecule has 0 spiro atoms. The molecule has 18 heavy (non-hydrogen) atoms. The smallest absolute Gasteiger partial charge is 0.162 e. The van der Waals surface area contributed by atoms with Crippen LogP contribution in [0.25, 0.3) is 10.2 Å². The van der Waals surface area contributed by atoms with Crippen LogP contribution in [0.2, 0.25) is 0 Å². The zero-order valence-corrected chi connectivity index (χ0v) is 12.6. The van der Waals surface area contributed by atoms with E-state index in [0.717, 1.165) is 5.52 Å². The highest BCUT2D eigenvalue weighted by Crippen LogP contribution is 2.39. The first-order valence-electron chi connectivity index (χ1n) is 6.37. The summed E-state index contributed by atoms with van der Waals surface area (Å²) in [5.74, 6) is 0. The molecule has 1 saturated heterocycles. The number of thiazole rings is 1. The van der Waals surface area contributed by atoms with Crippen molar-refractivity contribution in [3.8, 4) is 0 Å². The minimum Gasteiger partial charge on any atom is -0.241 e. The van der Waals surface area contributed by atoms with E-state index in [-0.39, 0.29) is 0 Å². The van der Waals surface area contributed by atoms with Gasteiger partial charge in [0.15, 0.2) is 4.34 Å². The Morgan fingerprint density at radius 1 is 1.06 bits per heavy atom. The van der Waals surface area contributed by atoms with E-state index in [4.69, 9.17) is 0 Å². The van der Waals surface area contributed by atoms with Gasteiger partial charge in [0.1, 0.15) is 0 Å². The number of fused-ring (bicyclic) bond motifs is 1. The van der Waals surface area contributed by atoms with Crippen molar-refractivity contribution in [3.05, 3.63) is 24.3 Å². The Bertz CT molecular complexity index is 471. The molecule has 1 fully saturated rings. The van der Waals surface area contributed by atoms with Gasteiger partial charge in [0, 0.05) is 13.1 Å². The summed E-state index contributed by atoms with van der Waals surface area (Å²) in [6.45, 7) is 2.45. The number of rotatable bonds is 3. The van der Waals surface area contributed by atoms with Gasteiger partial charge >= 0.3 is 0 Å². The summed E-state index contributed by atoms with van der Waals surface area (Å²) in [5, 5.41) is 0. The van der Waals surface area contributed by atoms with E-state index in [0.29, 0.717) is 0 Å². The number of para-hydroxylation sites is 1. The SMILES string of the molecule is c1ccc2sc(SSN3CCCCCC3)nc2c1. The van der Waals surface area contributed by atoms with E-state index in [1.807, 2.05) is 21.8 Å². The molecule has 0 bridgehead atoms. The molecule has 0 aliphatic carbocycles. The lowest BCUT2D eigenvalue weighted by atomic mass is 10.2. The third kappa shape index (κ3) is 3.20. The monoisotopic (exact) mass is 296 g/mol. The van der Waals surface area contributed by atoms with Gasteiger partial charge in [0.2, 0.25) is 0 Å². The van der Waals surface area contributed by atoms with E-state index < -0.39 is 0 Å². The molecule has 3 rings (SSSR count). The maximum Gasteiger partial charge on any atom is 0.162 e. The molecule has 0 unspecified atom stereocenters. The second-order valence-electron chi connectivity index (χ2n) is 4.45. The van der Waals surface area contributed by atoms with Gasteiger partial charge < -0.3 is 0 Å². The topological polar surface area (TPSA) is 16.1 Å². The molecule has 0 atom stereocenters. The van der Waals surface area contributed by atoms with Crippen LogP contribution in [0.5, 0.6) is 0 Å². The average molecular weight is 296 g/mol. The van der Waals surface area contributed by atoms with Crippen LogP contribution in [-0.2, 0) is 0 Å². The average Bonchev–Trinajstić information content (AvgIpc) is 2.63. The Morgan fingerprint density at radius 3 is 2.61 bits per heavy atom. The van der Waals surface area contributed by atoms with Crippen molar-refractivity contribution in [3.63, 3.8) is 0 Å². The van der Waals surface area contributed by atoms with Gasteiger partial charge in [-0.3, -0.25) is 0 Å². The standard InChI is InChI=1S/C13H16N2S3/c1-2-6-10-15(9-5-1)18-17-13-14-11-7-3-4-8-12(11)16-13/h3-4,7-8H,1-2,5-6,9-10H2. The van der Waals surface area contributed by atoms with E-state index in [1.54, 1.807) is 11.3 Å². The zero-order chi connectivity index (χ0) is 12.2. The predicted molar refractivity (Wildman–Crippen MR) is 83.1 cm³/mol. The summed E-state index contributed by atoms with van der Waals surface area (Å²) in [7, 11) is 3.69. The normalized spacial score (nSPS) is 18.0. The van der Waals surface area contributed by atoms with E-state index >= 15 is 0 Å². The van der Waals surface area contributed by atoms with Crippen molar-refractivity contribution in [2.45, 2.75) is 30.0 Å². The van der Waals surface area contributed by atoms with Crippen molar-refractivity contribution < 1.29 is 0 Å². The molecule has 1 aromatic heterocycles. The van der Waals surface area contributed by atoms with Crippen LogP contribution in [0.15, 0.2) is 28.6 Å². The highest BCUT2D eigenvalue weighted by molar-refractivity contribution is 8.76. The highest BCUT2D eigenvalue weighted by atomic mass is 33.1. The predicted octanol–water partition coefficient (Wildman–Crippen LogP) is 4.83. The second-order valence-corrected chi connectivity index (χ2v) is 7.90. The van der Waals surface area contributed by atoms with Crippen molar-refractivity contribution in [1.29, 1.82) is 0 Å². The lowest BCUT2D eigenvalue weighted by molar-refractivity contribution is 0.494. The molecule has 1 aromatic carbocycles. The van der Waals surface area contributed by atoms with Gasteiger partial charge in [-0.25, -0.2) is 9.29 Å². The van der Waals surface area contributed by atoms with Crippen LogP contribution in [0.4, 0.5) is 0 Å². The lowest BCUT2D eigenvalue weighted by Crippen LogP contribution is -2.14. The van der Waals surface area contributed by atoms with E-state index in [9.17, 15) is 0 Å². The Balaban J connectivity index is 1.61. The number of hydrogen-bond donors (Lipinski definition) is 0. The van der Waals surface area contributed by atoms with Gasteiger partial charge in [0.05, 0.1) is 10.2 Å². The number of hydrogen-bond acceptors (Lipinski definition) is 5. The van der Waals surface area contributed by atoms with E-state index in [2.05, 4.69) is 33.6 Å². The van der Waals surface area contributed by atoms with Crippen molar-refractivity contribution in [1.82, 2.24) is 9.29 Å². The van der Waals surface area contributed by atoms with Crippen molar-refractivity contribution in [2.75, 3.05) is 13.1 Å². The third-order valence-electron chi connectivity index (χ3n) is 3.05. The molecule has 5 heteroatoms. The molecule has 0 amide bonds. The molecular formula is C13H16N2S3. The molecule has 0 saturated carbocycles. The van der Waals surface area contributed by atoms with Crippen molar-refractivity contribution in [2.24, 2.45) is 0 Å². The summed E-state index contributed by atoms with van der Waals surface area (Å²) in [5.41, 5.74) is 1.13. The van der Waals surface area contributed by atoms with Crippen LogP contribution in [0.1, 0.15) is 25.7 Å². The summed E-state index contributed by atoms with van der Waals surface area (Å²) < 4.78 is 4.95. The fraction of sp³-hybridized carbons (Fsp3) is 0.462. The fourth-order valence-corrected chi connectivity index (χ4v) is 5.55. The van der Waals surface area contributed by atoms with Crippen molar-refractivity contribution >= 4 is 43.3 Å². The molecule has 1 aliphatic heterocycles. The van der Waals surface area contributed by atoms with Crippen LogP contribution in [-0.4, -0.2) is 22.4 Å². The Hall–Kier alpha value is -0.230. The largest absolute Gasteiger partial charge is 0.241 e. The quantitative estimate of drug-likeness (QED) is 0.595. The number of benzene rings is 1. The molecule has 0 radical (unpaired) electrons. The van der Waals surface area contributed by atoms with Gasteiger partial charge in [-0.2, -0.15) is 0 Å². The van der Waals surface area contributed by atoms with Gasteiger partial charge in [-0.1, -0.05) is 25.0 Å². The molecule has 2 nitrogen and oxygen atoms in total. The molecule has 96 valence electrons. The Morgan fingerprint density at radius 2 is 1.83 bits per heavy atom. The third-order valence-corrected chi connectivity index (χ3v) is 6.91. The first-order chi connectivity index (χ1) is 8.92.